The molecule has 0 aromatic rings. The maximum absolute atomic E-state index is 11.8. The zero-order valence-electron chi connectivity index (χ0n) is 18.0. The molecular weight excluding hydrogens is 570 g/mol. The van der Waals surface area contributed by atoms with Gasteiger partial charge in [-0.25, -0.2) is 13.4 Å². The number of phosphoric ester groups is 1. The summed E-state index contributed by atoms with van der Waals surface area (Å²) >= 11 is 0. The van der Waals surface area contributed by atoms with Crippen molar-refractivity contribution < 1.29 is 171 Å². The number of nitrogens with one attached hydrogen (secondary N) is 1. The number of hydrogen-bond donors (Lipinski definition) is 4. The molecule has 2 aliphatic heterocycles. The Hall–Kier alpha value is 2.15. The van der Waals surface area contributed by atoms with Crippen molar-refractivity contribution in [3.8, 4) is 0 Å². The van der Waals surface area contributed by atoms with Gasteiger partial charge >= 0.3 is 94.7 Å². The van der Waals surface area contributed by atoms with E-state index >= 15 is 0 Å². The minimum Gasteiger partial charge on any atom is -0.756 e. The van der Waals surface area contributed by atoms with Crippen LogP contribution in [0.3, 0.4) is 0 Å². The average Bonchev–Trinajstić information content (AvgIpc) is 2.78. The average molecular weight is 588 g/mol. The van der Waals surface area contributed by atoms with Crippen LogP contribution in [0.1, 0.15) is 6.42 Å². The first-order valence-corrected chi connectivity index (χ1v) is 11.9. The Kier molecular flexibility index (Phi) is 21.6. The van der Waals surface area contributed by atoms with E-state index in [2.05, 4.69) is 13.1 Å². The fourth-order valence-corrected chi connectivity index (χ4v) is 5.29. The van der Waals surface area contributed by atoms with E-state index in [4.69, 9.17) is 9.63 Å². The van der Waals surface area contributed by atoms with Crippen LogP contribution in [0.5, 0.6) is 0 Å². The molecule has 0 aliphatic carbocycles. The Bertz CT molecular complexity index is 814. The number of carbonyl (C=O) groups excluding carboxylic acids is 2. The van der Waals surface area contributed by atoms with Crippen molar-refractivity contribution in [3.63, 3.8) is 0 Å². The number of amides is 3. The van der Waals surface area contributed by atoms with E-state index in [1.54, 1.807) is 0 Å². The third kappa shape index (κ3) is 13.3. The van der Waals surface area contributed by atoms with Crippen LogP contribution in [-0.2, 0) is 36.4 Å². The molecule has 2 fully saturated rings. The molecule has 19 nitrogen and oxygen atoms in total. The van der Waals surface area contributed by atoms with E-state index < -0.39 is 66.6 Å². The summed E-state index contributed by atoms with van der Waals surface area (Å²) in [6.45, 7) is -1.30. The fraction of sp³-hybridized carbons (Fsp3) is 0.778. The SMILES string of the molecule is O.O.O=C1CCN(C2OC(COP(=O)([O-])OP(=O)([O-])OP(=O)([O-])O)C(O)C2O)C(=O)N1.[Na+].[Na+].[Na+]. The number of nitrogens with zero attached hydrogens (tertiary/aromatic N) is 1. The summed E-state index contributed by atoms with van der Waals surface area (Å²) in [5, 5.41) is 21.8. The minimum atomic E-state index is -6.09. The van der Waals surface area contributed by atoms with E-state index in [0.717, 1.165) is 4.90 Å². The van der Waals surface area contributed by atoms with Gasteiger partial charge in [-0.15, -0.1) is 0 Å². The van der Waals surface area contributed by atoms with Gasteiger partial charge in [0.15, 0.2) is 6.23 Å². The fourth-order valence-electron chi connectivity index (χ4n) is 2.40. The summed E-state index contributed by atoms with van der Waals surface area (Å²) in [4.78, 5) is 65.0. The van der Waals surface area contributed by atoms with Crippen LogP contribution in [0.15, 0.2) is 0 Å². The van der Waals surface area contributed by atoms with E-state index in [1.807, 2.05) is 5.32 Å². The van der Waals surface area contributed by atoms with Crippen LogP contribution in [0.2, 0.25) is 0 Å². The second kappa shape index (κ2) is 17.0. The largest absolute Gasteiger partial charge is 1.00 e. The number of imide groups is 1. The number of urea groups is 1. The molecule has 0 aromatic carbocycles. The van der Waals surface area contributed by atoms with Crippen molar-refractivity contribution in [3.05, 3.63) is 0 Å². The zero-order valence-corrected chi connectivity index (χ0v) is 26.6. The molecule has 0 aromatic heterocycles. The molecule has 2 heterocycles. The van der Waals surface area contributed by atoms with Crippen LogP contribution < -0.4 is 109 Å². The zero-order chi connectivity index (χ0) is 22.2. The Morgan fingerprint density at radius 2 is 1.53 bits per heavy atom. The first-order valence-electron chi connectivity index (χ1n) is 7.45. The van der Waals surface area contributed by atoms with Gasteiger partial charge in [-0.05, 0) is 0 Å². The van der Waals surface area contributed by atoms with Gasteiger partial charge in [0.2, 0.25) is 5.91 Å². The van der Waals surface area contributed by atoms with E-state index in [-0.39, 0.29) is 113 Å². The minimum absolute atomic E-state index is 0. The van der Waals surface area contributed by atoms with Crippen LogP contribution in [0.4, 0.5) is 4.79 Å². The summed E-state index contributed by atoms with van der Waals surface area (Å²) in [6.07, 6.45) is -6.79. The van der Waals surface area contributed by atoms with E-state index in [9.17, 15) is 48.2 Å². The van der Waals surface area contributed by atoms with Gasteiger partial charge in [0, 0.05) is 13.0 Å². The first-order chi connectivity index (χ1) is 13.1. The molecule has 3 amide bonds. The second-order valence-corrected chi connectivity index (χ2v) is 9.96. The van der Waals surface area contributed by atoms with Gasteiger partial charge in [0.1, 0.15) is 18.3 Å². The van der Waals surface area contributed by atoms with Crippen molar-refractivity contribution in [1.82, 2.24) is 10.2 Å². The van der Waals surface area contributed by atoms with Gasteiger partial charge in [-0.3, -0.25) is 28.7 Å². The van der Waals surface area contributed by atoms with Crippen molar-refractivity contribution in [2.24, 2.45) is 0 Å². The van der Waals surface area contributed by atoms with Gasteiger partial charge in [-0.1, -0.05) is 0 Å². The molecule has 34 heavy (non-hydrogen) atoms. The van der Waals surface area contributed by atoms with E-state index in [1.165, 1.54) is 0 Å². The number of ether oxygens (including phenoxy) is 1. The Balaban J connectivity index is -0.000000900. The molecule has 0 radical (unpaired) electrons. The predicted octanol–water partition coefficient (Wildman–Crippen LogP) is -14.8. The Labute approximate surface area is 257 Å². The summed E-state index contributed by atoms with van der Waals surface area (Å²) in [7, 11) is -17.8. The molecule has 0 bridgehead atoms. The normalized spacial score (nSPS) is 29.2. The van der Waals surface area contributed by atoms with Gasteiger partial charge < -0.3 is 50.0 Å². The number of phosphoric acid groups is 3. The topological polar surface area (TPSA) is 330 Å². The molecule has 0 spiro atoms. The molecule has 2 rings (SSSR count). The van der Waals surface area contributed by atoms with Crippen molar-refractivity contribution in [2.75, 3.05) is 13.2 Å². The number of rotatable bonds is 8. The number of aliphatic hydroxyl groups excluding tert-OH is 2. The number of carbonyl (C=O) groups is 2. The van der Waals surface area contributed by atoms with Crippen LogP contribution >= 0.6 is 23.5 Å². The van der Waals surface area contributed by atoms with Crippen molar-refractivity contribution in [1.29, 1.82) is 0 Å². The third-order valence-corrected chi connectivity index (χ3v) is 7.22. The van der Waals surface area contributed by atoms with Gasteiger partial charge in [0.05, 0.1) is 6.61 Å². The standard InChI is InChI=1S/C9H17N2O15P3.3Na.2H2O/c12-5-1-2-11(9(15)10-5)8-7(14)6(13)4(24-8)3-23-28(19,20)26-29(21,22)25-27(16,17)18;;;;;/h4,6-8,13-14H,1-3H2,(H,19,20)(H,21,22)(H,10,12,15)(H2,16,17,18);;;;2*1H2/q;3*+1;;/p-3. The van der Waals surface area contributed by atoms with Gasteiger partial charge in [0.25, 0.3) is 23.5 Å². The monoisotopic (exact) mass is 588 g/mol. The first kappa shape index (κ1) is 43.2. The molecule has 2 saturated heterocycles. The Morgan fingerprint density at radius 3 is 2.00 bits per heavy atom. The Morgan fingerprint density at radius 1 is 1.00 bits per heavy atom. The van der Waals surface area contributed by atoms with Crippen molar-refractivity contribution in [2.45, 2.75) is 31.0 Å². The smallest absolute Gasteiger partial charge is 0.756 e. The summed E-state index contributed by atoms with van der Waals surface area (Å²) in [6, 6.07) is -0.938. The maximum Gasteiger partial charge on any atom is 1.00 e. The number of aliphatic hydroxyl groups is 2. The summed E-state index contributed by atoms with van der Waals surface area (Å²) in [5.41, 5.74) is 0. The molecule has 25 heteroatoms. The third-order valence-electron chi connectivity index (χ3n) is 3.53. The molecule has 7 atom stereocenters. The molecule has 7 unspecified atom stereocenters. The molecule has 8 N–H and O–H groups in total. The molecule has 2 aliphatic rings. The molecule has 0 saturated carbocycles. The second-order valence-electron chi connectivity index (χ2n) is 5.67. The summed E-state index contributed by atoms with van der Waals surface area (Å²) < 4.78 is 48.7. The quantitative estimate of drug-likeness (QED) is 0.151. The van der Waals surface area contributed by atoms with Crippen LogP contribution in [-0.4, -0.2) is 80.6 Å². The van der Waals surface area contributed by atoms with Crippen LogP contribution in [0, 0.1) is 0 Å². The van der Waals surface area contributed by atoms with Crippen LogP contribution in [0.25, 0.3) is 0 Å². The van der Waals surface area contributed by atoms with E-state index in [0.29, 0.717) is 0 Å². The molecular formula is C9H18N2Na3O17P3. The van der Waals surface area contributed by atoms with Gasteiger partial charge in [-0.2, -0.15) is 0 Å². The summed E-state index contributed by atoms with van der Waals surface area (Å²) in [5.74, 6) is -0.585. The number of hydrogen-bond acceptors (Lipinski definition) is 14. The maximum atomic E-state index is 11.8. The predicted molar refractivity (Wildman–Crippen MR) is 85.9 cm³/mol. The molecule has 184 valence electrons. The van der Waals surface area contributed by atoms with Crippen molar-refractivity contribution >= 4 is 35.4 Å².